The van der Waals surface area contributed by atoms with Crippen LogP contribution in [-0.2, 0) is 12.1 Å². The topological polar surface area (TPSA) is 29.9 Å². The van der Waals surface area contributed by atoms with Gasteiger partial charge in [-0.2, -0.15) is 5.10 Å². The molecular formula is C14H17BrFN3. The van der Waals surface area contributed by atoms with Gasteiger partial charge < -0.3 is 5.32 Å². The molecule has 0 bridgehead atoms. The fraction of sp³-hybridized carbons (Fsp3) is 0.357. The summed E-state index contributed by atoms with van der Waals surface area (Å²) >= 11 is 3.33. The first-order valence-corrected chi connectivity index (χ1v) is 6.88. The molecule has 0 aliphatic heterocycles. The van der Waals surface area contributed by atoms with E-state index in [9.17, 15) is 4.39 Å². The maximum Gasteiger partial charge on any atom is 0.124 e. The molecule has 0 unspecified atom stereocenters. The summed E-state index contributed by atoms with van der Waals surface area (Å²) < 4.78 is 15.6. The molecule has 2 rings (SSSR count). The number of halogens is 2. The first-order valence-electron chi connectivity index (χ1n) is 6.09. The smallest absolute Gasteiger partial charge is 0.124 e. The van der Waals surface area contributed by atoms with Gasteiger partial charge in [0.25, 0.3) is 0 Å². The lowest BCUT2D eigenvalue weighted by Crippen LogP contribution is -2.21. The summed E-state index contributed by atoms with van der Waals surface area (Å²) in [5.41, 5.74) is 1.94. The number of benzene rings is 1. The van der Waals surface area contributed by atoms with Gasteiger partial charge in [0.1, 0.15) is 5.82 Å². The monoisotopic (exact) mass is 325 g/mol. The lowest BCUT2D eigenvalue weighted by atomic mass is 10.1. The largest absolute Gasteiger partial charge is 0.380 e. The van der Waals surface area contributed by atoms with Crippen molar-refractivity contribution in [1.29, 1.82) is 0 Å². The Morgan fingerprint density at radius 2 is 2.11 bits per heavy atom. The third-order valence-corrected chi connectivity index (χ3v) is 3.39. The number of aromatic nitrogens is 2. The quantitative estimate of drug-likeness (QED) is 0.918. The van der Waals surface area contributed by atoms with E-state index in [-0.39, 0.29) is 11.4 Å². The zero-order chi connectivity index (χ0) is 14.0. The highest BCUT2D eigenvalue weighted by atomic mass is 79.9. The summed E-state index contributed by atoms with van der Waals surface area (Å²) in [5, 5.41) is 7.60. The van der Waals surface area contributed by atoms with Crippen LogP contribution >= 0.6 is 15.9 Å². The van der Waals surface area contributed by atoms with E-state index in [0.29, 0.717) is 6.54 Å². The second-order valence-electron chi connectivity index (χ2n) is 5.44. The molecule has 0 spiro atoms. The van der Waals surface area contributed by atoms with Crippen molar-refractivity contribution in [1.82, 2.24) is 9.78 Å². The summed E-state index contributed by atoms with van der Waals surface area (Å²) in [6.07, 6.45) is 3.86. The fourth-order valence-electron chi connectivity index (χ4n) is 1.65. The molecule has 0 aliphatic carbocycles. The molecule has 0 atom stereocenters. The van der Waals surface area contributed by atoms with Gasteiger partial charge in [-0.3, -0.25) is 4.68 Å². The molecule has 3 nitrogen and oxygen atoms in total. The Labute approximate surface area is 121 Å². The summed E-state index contributed by atoms with van der Waals surface area (Å²) in [6, 6.07) is 4.60. The maximum absolute atomic E-state index is 13.0. The zero-order valence-electron chi connectivity index (χ0n) is 11.2. The number of nitrogens with zero attached hydrogens (tertiary/aromatic N) is 2. The third kappa shape index (κ3) is 3.56. The van der Waals surface area contributed by atoms with E-state index in [2.05, 4.69) is 47.1 Å². The van der Waals surface area contributed by atoms with E-state index in [1.54, 1.807) is 6.07 Å². The van der Waals surface area contributed by atoms with Crippen LogP contribution in [-0.4, -0.2) is 9.78 Å². The average Bonchev–Trinajstić information content (AvgIpc) is 2.76. The van der Waals surface area contributed by atoms with Crippen molar-refractivity contribution >= 4 is 21.6 Å². The van der Waals surface area contributed by atoms with Crippen molar-refractivity contribution in [2.24, 2.45) is 0 Å². The first kappa shape index (κ1) is 14.1. The molecule has 0 saturated carbocycles. The van der Waals surface area contributed by atoms with Crippen molar-refractivity contribution in [2.45, 2.75) is 32.9 Å². The van der Waals surface area contributed by atoms with Gasteiger partial charge in [0.15, 0.2) is 0 Å². The van der Waals surface area contributed by atoms with E-state index in [1.807, 2.05) is 17.1 Å². The lowest BCUT2D eigenvalue weighted by molar-refractivity contribution is 0.355. The van der Waals surface area contributed by atoms with Gasteiger partial charge in [0.2, 0.25) is 0 Å². The van der Waals surface area contributed by atoms with E-state index < -0.39 is 0 Å². The highest BCUT2D eigenvalue weighted by Gasteiger charge is 2.13. The minimum Gasteiger partial charge on any atom is -0.380 e. The lowest BCUT2D eigenvalue weighted by Gasteiger charge is -2.18. The van der Waals surface area contributed by atoms with Crippen LogP contribution in [0.25, 0.3) is 0 Å². The Morgan fingerprint density at radius 1 is 1.37 bits per heavy atom. The van der Waals surface area contributed by atoms with Crippen molar-refractivity contribution in [3.05, 3.63) is 46.4 Å². The molecule has 1 heterocycles. The standard InChI is InChI=1S/C14H17BrFN3/c1-14(2,3)19-9-10(8-18-19)7-17-13-5-4-11(16)6-12(13)15/h4-6,8-9,17H,7H2,1-3H3. The van der Waals surface area contributed by atoms with Crippen LogP contribution in [0, 0.1) is 5.82 Å². The molecular weight excluding hydrogens is 309 g/mol. The number of rotatable bonds is 3. The van der Waals surface area contributed by atoms with E-state index in [1.165, 1.54) is 12.1 Å². The van der Waals surface area contributed by atoms with Crippen molar-refractivity contribution in [3.63, 3.8) is 0 Å². The second-order valence-corrected chi connectivity index (χ2v) is 6.30. The van der Waals surface area contributed by atoms with Gasteiger partial charge in [-0.05, 0) is 54.9 Å². The molecule has 2 aromatic rings. The molecule has 1 N–H and O–H groups in total. The predicted octanol–water partition coefficient (Wildman–Crippen LogP) is 4.15. The summed E-state index contributed by atoms with van der Waals surface area (Å²) in [6.45, 7) is 6.97. The summed E-state index contributed by atoms with van der Waals surface area (Å²) in [5.74, 6) is -0.252. The molecule has 0 amide bonds. The van der Waals surface area contributed by atoms with Gasteiger partial charge in [0, 0.05) is 28.5 Å². The van der Waals surface area contributed by atoms with Crippen LogP contribution in [0.2, 0.25) is 0 Å². The Bertz CT molecular complexity index is 572. The molecule has 5 heteroatoms. The van der Waals surface area contributed by atoms with Crippen molar-refractivity contribution in [3.8, 4) is 0 Å². The number of anilines is 1. The van der Waals surface area contributed by atoms with E-state index in [0.717, 1.165) is 15.7 Å². The van der Waals surface area contributed by atoms with Gasteiger partial charge in [-0.1, -0.05) is 0 Å². The Kier molecular flexibility index (Phi) is 3.94. The van der Waals surface area contributed by atoms with Crippen molar-refractivity contribution in [2.75, 3.05) is 5.32 Å². The van der Waals surface area contributed by atoms with Gasteiger partial charge >= 0.3 is 0 Å². The molecule has 19 heavy (non-hydrogen) atoms. The van der Waals surface area contributed by atoms with Crippen LogP contribution in [0.15, 0.2) is 35.1 Å². The molecule has 1 aromatic heterocycles. The highest BCUT2D eigenvalue weighted by molar-refractivity contribution is 9.10. The van der Waals surface area contributed by atoms with Crippen molar-refractivity contribution < 1.29 is 4.39 Å². The molecule has 1 aromatic carbocycles. The Hall–Kier alpha value is -1.36. The minimum absolute atomic E-state index is 0.0191. The molecule has 0 radical (unpaired) electrons. The Balaban J connectivity index is 2.04. The number of hydrogen-bond donors (Lipinski definition) is 1. The van der Waals surface area contributed by atoms with Gasteiger partial charge in [-0.25, -0.2) is 4.39 Å². The SMILES string of the molecule is CC(C)(C)n1cc(CNc2ccc(F)cc2Br)cn1. The van der Waals surface area contributed by atoms with Gasteiger partial charge in [-0.15, -0.1) is 0 Å². The molecule has 102 valence electrons. The van der Waals surface area contributed by atoms with Crippen LogP contribution in [0.4, 0.5) is 10.1 Å². The first-order chi connectivity index (χ1) is 8.86. The molecule has 0 saturated heterocycles. The third-order valence-electron chi connectivity index (χ3n) is 2.74. The van der Waals surface area contributed by atoms with Crippen LogP contribution in [0.5, 0.6) is 0 Å². The second kappa shape index (κ2) is 5.33. The fourth-order valence-corrected chi connectivity index (χ4v) is 2.14. The summed E-state index contributed by atoms with van der Waals surface area (Å²) in [7, 11) is 0. The number of hydrogen-bond acceptors (Lipinski definition) is 2. The molecule has 0 aliphatic rings. The zero-order valence-corrected chi connectivity index (χ0v) is 12.8. The number of nitrogens with one attached hydrogen (secondary N) is 1. The van der Waals surface area contributed by atoms with Crippen LogP contribution < -0.4 is 5.32 Å². The maximum atomic E-state index is 13.0. The minimum atomic E-state index is -0.252. The normalized spacial score (nSPS) is 11.6. The Morgan fingerprint density at radius 3 is 2.68 bits per heavy atom. The van der Waals surface area contributed by atoms with Gasteiger partial charge in [0.05, 0.1) is 11.7 Å². The average molecular weight is 326 g/mol. The van der Waals surface area contributed by atoms with E-state index in [4.69, 9.17) is 0 Å². The highest BCUT2D eigenvalue weighted by Crippen LogP contribution is 2.23. The van der Waals surface area contributed by atoms with Crippen LogP contribution in [0.3, 0.4) is 0 Å². The van der Waals surface area contributed by atoms with Crippen LogP contribution in [0.1, 0.15) is 26.3 Å². The summed E-state index contributed by atoms with van der Waals surface area (Å²) in [4.78, 5) is 0. The van der Waals surface area contributed by atoms with E-state index >= 15 is 0 Å². The predicted molar refractivity (Wildman–Crippen MR) is 78.6 cm³/mol. The molecule has 0 fully saturated rings.